The first-order valence-electron chi connectivity index (χ1n) is 8.15. The van der Waals surface area contributed by atoms with Crippen LogP contribution >= 0.6 is 0 Å². The molecule has 6 nitrogen and oxygen atoms in total. The molecule has 2 rings (SSSR count). The Labute approximate surface area is 148 Å². The average molecular weight is 344 g/mol. The van der Waals surface area contributed by atoms with Crippen molar-refractivity contribution in [2.75, 3.05) is 32.7 Å². The van der Waals surface area contributed by atoms with E-state index in [4.69, 9.17) is 14.2 Å². The van der Waals surface area contributed by atoms with Gasteiger partial charge in [-0.25, -0.2) is 4.79 Å². The topological polar surface area (TPSA) is 68.8 Å². The van der Waals surface area contributed by atoms with Crippen molar-refractivity contribution in [3.05, 3.63) is 48.0 Å². The highest BCUT2D eigenvalue weighted by atomic mass is 16.5. The van der Waals surface area contributed by atoms with Gasteiger partial charge < -0.3 is 24.8 Å². The number of amides is 2. The Morgan fingerprint density at radius 1 is 1.00 bits per heavy atom. The standard InChI is InChI=1S/C19H24N2O4/c1-4-25-16-8-6-15(7-9-16)21-19(22)20-12-11-14-5-10-17(23-2)18(13-14)24-3/h5-10,13H,4,11-12H2,1-3H3,(H2,20,21,22). The molecule has 2 N–H and O–H groups in total. The first-order valence-corrected chi connectivity index (χ1v) is 8.15. The van der Waals surface area contributed by atoms with Gasteiger partial charge in [-0.2, -0.15) is 0 Å². The van der Waals surface area contributed by atoms with Crippen LogP contribution in [-0.2, 0) is 6.42 Å². The van der Waals surface area contributed by atoms with Crippen LogP contribution in [0.15, 0.2) is 42.5 Å². The maximum Gasteiger partial charge on any atom is 0.319 e. The number of ether oxygens (including phenoxy) is 3. The minimum Gasteiger partial charge on any atom is -0.494 e. The zero-order valence-corrected chi connectivity index (χ0v) is 14.8. The summed E-state index contributed by atoms with van der Waals surface area (Å²) in [7, 11) is 3.20. The van der Waals surface area contributed by atoms with Gasteiger partial charge in [-0.05, 0) is 55.3 Å². The van der Waals surface area contributed by atoms with Gasteiger partial charge in [0.1, 0.15) is 5.75 Å². The number of anilines is 1. The predicted octanol–water partition coefficient (Wildman–Crippen LogP) is 3.47. The summed E-state index contributed by atoms with van der Waals surface area (Å²) in [5.74, 6) is 2.15. The van der Waals surface area contributed by atoms with E-state index in [0.29, 0.717) is 36.8 Å². The molecule has 0 radical (unpaired) electrons. The van der Waals surface area contributed by atoms with Crippen LogP contribution in [0.25, 0.3) is 0 Å². The molecular formula is C19H24N2O4. The second-order valence-electron chi connectivity index (χ2n) is 5.28. The number of carbonyl (C=O) groups excluding carboxylic acids is 1. The monoisotopic (exact) mass is 344 g/mol. The van der Waals surface area contributed by atoms with Crippen molar-refractivity contribution in [3.8, 4) is 17.2 Å². The second-order valence-corrected chi connectivity index (χ2v) is 5.28. The molecule has 0 unspecified atom stereocenters. The molecule has 2 amide bonds. The Morgan fingerprint density at radius 3 is 2.36 bits per heavy atom. The maximum atomic E-state index is 11.9. The third-order valence-electron chi connectivity index (χ3n) is 3.57. The predicted molar refractivity (Wildman–Crippen MR) is 97.9 cm³/mol. The summed E-state index contributed by atoms with van der Waals surface area (Å²) in [5, 5.41) is 5.62. The molecule has 0 aromatic heterocycles. The van der Waals surface area contributed by atoms with Crippen molar-refractivity contribution >= 4 is 11.7 Å². The Morgan fingerprint density at radius 2 is 1.72 bits per heavy atom. The minimum absolute atomic E-state index is 0.246. The summed E-state index contributed by atoms with van der Waals surface area (Å²) >= 11 is 0. The van der Waals surface area contributed by atoms with Gasteiger partial charge in [0.05, 0.1) is 20.8 Å². The summed E-state index contributed by atoms with van der Waals surface area (Å²) < 4.78 is 15.9. The van der Waals surface area contributed by atoms with E-state index in [1.54, 1.807) is 26.4 Å². The number of benzene rings is 2. The fourth-order valence-electron chi connectivity index (χ4n) is 2.33. The number of hydrogen-bond donors (Lipinski definition) is 2. The Bertz CT molecular complexity index is 686. The molecule has 2 aromatic rings. The lowest BCUT2D eigenvalue weighted by Crippen LogP contribution is -2.30. The number of carbonyl (C=O) groups is 1. The minimum atomic E-state index is -0.246. The van der Waals surface area contributed by atoms with Crippen molar-refractivity contribution < 1.29 is 19.0 Å². The van der Waals surface area contributed by atoms with Crippen LogP contribution in [0.1, 0.15) is 12.5 Å². The molecule has 6 heteroatoms. The molecule has 0 aliphatic rings. The molecule has 134 valence electrons. The quantitative estimate of drug-likeness (QED) is 0.769. The highest BCUT2D eigenvalue weighted by Gasteiger charge is 2.06. The van der Waals surface area contributed by atoms with E-state index in [2.05, 4.69) is 10.6 Å². The van der Waals surface area contributed by atoms with Crippen molar-refractivity contribution in [3.63, 3.8) is 0 Å². The second kappa shape index (κ2) is 9.42. The fourth-order valence-corrected chi connectivity index (χ4v) is 2.33. The van der Waals surface area contributed by atoms with Crippen LogP contribution in [0.2, 0.25) is 0 Å². The third kappa shape index (κ3) is 5.60. The first kappa shape index (κ1) is 18.4. The average Bonchev–Trinajstić information content (AvgIpc) is 2.63. The zero-order chi connectivity index (χ0) is 18.1. The number of methoxy groups -OCH3 is 2. The molecule has 0 heterocycles. The lowest BCUT2D eigenvalue weighted by atomic mass is 10.1. The van der Waals surface area contributed by atoms with Gasteiger partial charge in [-0.15, -0.1) is 0 Å². The number of urea groups is 1. The highest BCUT2D eigenvalue weighted by molar-refractivity contribution is 5.89. The van der Waals surface area contributed by atoms with Crippen molar-refractivity contribution in [1.82, 2.24) is 5.32 Å². The van der Waals surface area contributed by atoms with E-state index >= 15 is 0 Å². The van der Waals surface area contributed by atoms with E-state index < -0.39 is 0 Å². The van der Waals surface area contributed by atoms with Crippen LogP contribution in [0.4, 0.5) is 10.5 Å². The van der Waals surface area contributed by atoms with Crippen molar-refractivity contribution in [2.24, 2.45) is 0 Å². The van der Waals surface area contributed by atoms with Gasteiger partial charge in [0.2, 0.25) is 0 Å². The third-order valence-corrected chi connectivity index (χ3v) is 3.57. The molecule has 0 saturated carbocycles. The molecule has 0 spiro atoms. The molecule has 0 bridgehead atoms. The Hall–Kier alpha value is -2.89. The molecule has 0 fully saturated rings. The largest absolute Gasteiger partial charge is 0.494 e. The molecule has 0 aliphatic carbocycles. The summed E-state index contributed by atoms with van der Waals surface area (Å²) in [6.07, 6.45) is 0.692. The van der Waals surface area contributed by atoms with E-state index in [1.165, 1.54) is 0 Å². The number of rotatable bonds is 8. The van der Waals surface area contributed by atoms with Gasteiger partial charge >= 0.3 is 6.03 Å². The number of nitrogens with one attached hydrogen (secondary N) is 2. The zero-order valence-electron chi connectivity index (χ0n) is 14.8. The maximum absolute atomic E-state index is 11.9. The molecule has 25 heavy (non-hydrogen) atoms. The van der Waals surface area contributed by atoms with E-state index in [1.807, 2.05) is 37.3 Å². The van der Waals surface area contributed by atoms with Gasteiger partial charge in [0, 0.05) is 12.2 Å². The molecule has 2 aromatic carbocycles. The van der Waals surface area contributed by atoms with Crippen LogP contribution in [-0.4, -0.2) is 33.4 Å². The van der Waals surface area contributed by atoms with Crippen molar-refractivity contribution in [2.45, 2.75) is 13.3 Å². The molecule has 0 saturated heterocycles. The van der Waals surface area contributed by atoms with Gasteiger partial charge in [-0.3, -0.25) is 0 Å². The van der Waals surface area contributed by atoms with Gasteiger partial charge in [-0.1, -0.05) is 6.07 Å². The summed E-state index contributed by atoms with van der Waals surface area (Å²) in [5.41, 5.74) is 1.77. The Kier molecular flexibility index (Phi) is 6.95. The SMILES string of the molecule is CCOc1ccc(NC(=O)NCCc2ccc(OC)c(OC)c2)cc1. The summed E-state index contributed by atoms with van der Waals surface area (Å²) in [6.45, 7) is 3.06. The van der Waals surface area contributed by atoms with E-state index in [9.17, 15) is 4.79 Å². The normalized spacial score (nSPS) is 10.0. The van der Waals surface area contributed by atoms with Crippen LogP contribution in [0.3, 0.4) is 0 Å². The number of hydrogen-bond acceptors (Lipinski definition) is 4. The van der Waals surface area contributed by atoms with Gasteiger partial charge in [0.15, 0.2) is 11.5 Å². The van der Waals surface area contributed by atoms with Crippen LogP contribution in [0.5, 0.6) is 17.2 Å². The lowest BCUT2D eigenvalue weighted by Gasteiger charge is -2.11. The highest BCUT2D eigenvalue weighted by Crippen LogP contribution is 2.27. The lowest BCUT2D eigenvalue weighted by molar-refractivity contribution is 0.252. The van der Waals surface area contributed by atoms with Crippen LogP contribution in [0, 0.1) is 0 Å². The van der Waals surface area contributed by atoms with Crippen LogP contribution < -0.4 is 24.8 Å². The molecular weight excluding hydrogens is 320 g/mol. The van der Waals surface area contributed by atoms with E-state index in [-0.39, 0.29) is 6.03 Å². The smallest absolute Gasteiger partial charge is 0.319 e. The first-order chi connectivity index (χ1) is 12.2. The fraction of sp³-hybridized carbons (Fsp3) is 0.316. The Balaban J connectivity index is 1.80. The molecule has 0 aliphatic heterocycles. The summed E-state index contributed by atoms with van der Waals surface area (Å²) in [6, 6.07) is 12.7. The molecule has 0 atom stereocenters. The summed E-state index contributed by atoms with van der Waals surface area (Å²) in [4.78, 5) is 11.9. The van der Waals surface area contributed by atoms with Gasteiger partial charge in [0.25, 0.3) is 0 Å². The van der Waals surface area contributed by atoms with Crippen molar-refractivity contribution in [1.29, 1.82) is 0 Å². The van der Waals surface area contributed by atoms with E-state index in [0.717, 1.165) is 11.3 Å².